The zero-order chi connectivity index (χ0) is 19.5. The zero-order valence-corrected chi connectivity index (χ0v) is 17.1. The first kappa shape index (κ1) is 18.8. The van der Waals surface area contributed by atoms with Crippen molar-refractivity contribution in [2.75, 3.05) is 18.4 Å². The van der Waals surface area contributed by atoms with E-state index in [-0.39, 0.29) is 11.8 Å². The van der Waals surface area contributed by atoms with Crippen LogP contribution < -0.4 is 5.32 Å². The minimum Gasteiger partial charge on any atom is -0.326 e. The summed E-state index contributed by atoms with van der Waals surface area (Å²) in [6.45, 7) is 6.72. The van der Waals surface area contributed by atoms with Gasteiger partial charge in [0.15, 0.2) is 0 Å². The second-order valence-electron chi connectivity index (χ2n) is 7.30. The van der Waals surface area contributed by atoms with Gasteiger partial charge in [-0.25, -0.2) is 9.97 Å². The fourth-order valence-electron chi connectivity index (χ4n) is 3.71. The van der Waals surface area contributed by atoms with Crippen molar-refractivity contribution in [2.24, 2.45) is 5.92 Å². The SMILES string of the molecule is Cc1ncc(CN2CCC[C@@H](C(=O)Nc3ccc(-n4ccnc4C)cc3)C2)s1. The highest BCUT2D eigenvalue weighted by atomic mass is 32.1. The van der Waals surface area contributed by atoms with Gasteiger partial charge in [0, 0.05) is 47.9 Å². The van der Waals surface area contributed by atoms with Crippen molar-refractivity contribution >= 4 is 22.9 Å². The highest BCUT2D eigenvalue weighted by Crippen LogP contribution is 2.23. The molecule has 1 saturated heterocycles. The Morgan fingerprint density at radius 3 is 2.75 bits per heavy atom. The van der Waals surface area contributed by atoms with Gasteiger partial charge in [0.25, 0.3) is 0 Å². The lowest BCUT2D eigenvalue weighted by Gasteiger charge is -2.31. The maximum atomic E-state index is 12.8. The summed E-state index contributed by atoms with van der Waals surface area (Å²) in [5.41, 5.74) is 1.87. The van der Waals surface area contributed by atoms with Crippen LogP contribution in [0.5, 0.6) is 0 Å². The van der Waals surface area contributed by atoms with Gasteiger partial charge in [0.1, 0.15) is 5.82 Å². The average Bonchev–Trinajstić information content (AvgIpc) is 3.30. The molecule has 0 unspecified atom stereocenters. The van der Waals surface area contributed by atoms with Crippen LogP contribution in [0.15, 0.2) is 42.9 Å². The Hall–Kier alpha value is -2.51. The predicted octanol–water partition coefficient (Wildman–Crippen LogP) is 3.80. The first-order valence-electron chi connectivity index (χ1n) is 9.63. The molecule has 0 spiro atoms. The van der Waals surface area contributed by atoms with Crippen LogP contribution in [-0.4, -0.2) is 38.4 Å². The van der Waals surface area contributed by atoms with E-state index in [1.807, 2.05) is 55.1 Å². The molecule has 2 aromatic heterocycles. The second-order valence-corrected chi connectivity index (χ2v) is 8.62. The number of thiazole rings is 1. The Kier molecular flexibility index (Phi) is 5.54. The summed E-state index contributed by atoms with van der Waals surface area (Å²) in [6.07, 6.45) is 7.66. The van der Waals surface area contributed by atoms with Crippen molar-refractivity contribution in [3.8, 4) is 5.69 Å². The summed E-state index contributed by atoms with van der Waals surface area (Å²) >= 11 is 1.73. The molecule has 1 atom stereocenters. The molecule has 0 bridgehead atoms. The van der Waals surface area contributed by atoms with Crippen LogP contribution in [0.1, 0.15) is 28.6 Å². The zero-order valence-electron chi connectivity index (χ0n) is 16.3. The Morgan fingerprint density at radius 1 is 1.25 bits per heavy atom. The van der Waals surface area contributed by atoms with E-state index in [2.05, 4.69) is 20.2 Å². The lowest BCUT2D eigenvalue weighted by atomic mass is 9.97. The van der Waals surface area contributed by atoms with E-state index in [1.165, 1.54) is 4.88 Å². The Morgan fingerprint density at radius 2 is 2.07 bits per heavy atom. The van der Waals surface area contributed by atoms with Crippen molar-refractivity contribution in [1.82, 2.24) is 19.4 Å². The number of aryl methyl sites for hydroxylation is 2. The first-order chi connectivity index (χ1) is 13.6. The van der Waals surface area contributed by atoms with E-state index in [4.69, 9.17) is 0 Å². The van der Waals surface area contributed by atoms with Crippen LogP contribution in [0.4, 0.5) is 5.69 Å². The fourth-order valence-corrected chi connectivity index (χ4v) is 4.55. The Labute approximate surface area is 169 Å². The standard InChI is InChI=1S/C21H25N5OS/c1-15-22-9-11-26(15)19-7-5-18(6-8-19)24-21(27)17-4-3-10-25(13-17)14-20-12-23-16(2)28-20/h5-9,11-12,17H,3-4,10,13-14H2,1-2H3,(H,24,27)/t17-/m1/s1. The van der Waals surface area contributed by atoms with Crippen molar-refractivity contribution < 1.29 is 4.79 Å². The van der Waals surface area contributed by atoms with Crippen molar-refractivity contribution in [1.29, 1.82) is 0 Å². The molecule has 0 aliphatic carbocycles. The van der Waals surface area contributed by atoms with Gasteiger partial charge < -0.3 is 9.88 Å². The fraction of sp³-hybridized carbons (Fsp3) is 0.381. The van der Waals surface area contributed by atoms with Crippen LogP contribution in [0, 0.1) is 19.8 Å². The van der Waals surface area contributed by atoms with Crippen LogP contribution >= 0.6 is 11.3 Å². The molecule has 1 fully saturated rings. The maximum absolute atomic E-state index is 12.8. The number of anilines is 1. The van der Waals surface area contributed by atoms with Crippen molar-refractivity contribution in [2.45, 2.75) is 33.2 Å². The molecule has 1 aromatic carbocycles. The summed E-state index contributed by atoms with van der Waals surface area (Å²) in [5.74, 6) is 1.07. The lowest BCUT2D eigenvalue weighted by molar-refractivity contribution is -0.121. The van der Waals surface area contributed by atoms with Crippen molar-refractivity contribution in [3.63, 3.8) is 0 Å². The molecular weight excluding hydrogens is 370 g/mol. The lowest BCUT2D eigenvalue weighted by Crippen LogP contribution is -2.40. The highest BCUT2D eigenvalue weighted by molar-refractivity contribution is 7.11. The second kappa shape index (κ2) is 8.24. The Balaban J connectivity index is 1.35. The predicted molar refractivity (Wildman–Crippen MR) is 112 cm³/mol. The van der Waals surface area contributed by atoms with E-state index in [9.17, 15) is 4.79 Å². The number of likely N-dealkylation sites (tertiary alicyclic amines) is 1. The summed E-state index contributed by atoms with van der Waals surface area (Å²) < 4.78 is 2.02. The molecule has 0 saturated carbocycles. The van der Waals surface area contributed by atoms with Crippen LogP contribution in [0.2, 0.25) is 0 Å². The monoisotopic (exact) mass is 395 g/mol. The van der Waals surface area contributed by atoms with E-state index in [0.717, 1.165) is 54.7 Å². The number of amides is 1. The van der Waals surface area contributed by atoms with Gasteiger partial charge in [0.05, 0.1) is 10.9 Å². The third kappa shape index (κ3) is 4.31. The molecule has 1 amide bonds. The van der Waals surface area contributed by atoms with E-state index in [0.29, 0.717) is 0 Å². The van der Waals surface area contributed by atoms with Crippen molar-refractivity contribution in [3.05, 3.63) is 58.6 Å². The highest BCUT2D eigenvalue weighted by Gasteiger charge is 2.26. The minimum absolute atomic E-state index is 0.0262. The minimum atomic E-state index is 0.0262. The van der Waals surface area contributed by atoms with Gasteiger partial charge in [-0.15, -0.1) is 11.3 Å². The van der Waals surface area contributed by atoms with Gasteiger partial charge in [-0.3, -0.25) is 9.69 Å². The number of hydrogen-bond acceptors (Lipinski definition) is 5. The molecular formula is C21H25N5OS. The molecule has 3 aromatic rings. The van der Waals surface area contributed by atoms with Gasteiger partial charge in [-0.1, -0.05) is 0 Å². The molecule has 1 N–H and O–H groups in total. The molecule has 3 heterocycles. The normalized spacial score (nSPS) is 17.6. The third-order valence-corrected chi connectivity index (χ3v) is 6.06. The molecule has 1 aliphatic rings. The largest absolute Gasteiger partial charge is 0.326 e. The summed E-state index contributed by atoms with van der Waals surface area (Å²) in [6, 6.07) is 7.91. The van der Waals surface area contributed by atoms with E-state index in [1.54, 1.807) is 17.5 Å². The quantitative estimate of drug-likeness (QED) is 0.714. The van der Waals surface area contributed by atoms with Gasteiger partial charge >= 0.3 is 0 Å². The topological polar surface area (TPSA) is 63.1 Å². The smallest absolute Gasteiger partial charge is 0.228 e. The molecule has 6 nitrogen and oxygen atoms in total. The number of piperidine rings is 1. The first-order valence-corrected chi connectivity index (χ1v) is 10.4. The molecule has 0 radical (unpaired) electrons. The number of nitrogens with zero attached hydrogens (tertiary/aromatic N) is 4. The van der Waals surface area contributed by atoms with Gasteiger partial charge in [-0.2, -0.15) is 0 Å². The summed E-state index contributed by atoms with van der Waals surface area (Å²) in [4.78, 5) is 25.0. The number of nitrogens with one attached hydrogen (secondary N) is 1. The summed E-state index contributed by atoms with van der Waals surface area (Å²) in [7, 11) is 0. The molecule has 4 rings (SSSR count). The van der Waals surface area contributed by atoms with Crippen LogP contribution in [0.25, 0.3) is 5.69 Å². The number of imidazole rings is 1. The number of hydrogen-bond donors (Lipinski definition) is 1. The average molecular weight is 396 g/mol. The molecule has 28 heavy (non-hydrogen) atoms. The van der Waals surface area contributed by atoms with Crippen LogP contribution in [0.3, 0.4) is 0 Å². The molecule has 7 heteroatoms. The number of carbonyl (C=O) groups is 1. The number of aromatic nitrogens is 3. The van der Waals surface area contributed by atoms with E-state index >= 15 is 0 Å². The van der Waals surface area contributed by atoms with Gasteiger partial charge in [-0.05, 0) is 57.5 Å². The van der Waals surface area contributed by atoms with Crippen LogP contribution in [-0.2, 0) is 11.3 Å². The number of rotatable bonds is 5. The summed E-state index contributed by atoms with van der Waals surface area (Å²) in [5, 5.41) is 4.18. The number of benzene rings is 1. The van der Waals surface area contributed by atoms with Gasteiger partial charge in [0.2, 0.25) is 5.91 Å². The maximum Gasteiger partial charge on any atom is 0.228 e. The Bertz CT molecular complexity index is 946. The molecule has 1 aliphatic heterocycles. The third-order valence-electron chi connectivity index (χ3n) is 5.16. The molecule has 146 valence electrons. The van der Waals surface area contributed by atoms with E-state index < -0.39 is 0 Å². The number of carbonyl (C=O) groups excluding carboxylic acids is 1.